The molecule has 1 amide bonds. The third-order valence-corrected chi connectivity index (χ3v) is 5.06. The zero-order chi connectivity index (χ0) is 17.0. The van der Waals surface area contributed by atoms with E-state index in [1.165, 1.54) is 29.2 Å². The Hall–Kier alpha value is -1.35. The number of carboxylic acid groups (broad SMARTS) is 1. The van der Waals surface area contributed by atoms with Crippen molar-refractivity contribution in [3.8, 4) is 0 Å². The van der Waals surface area contributed by atoms with Gasteiger partial charge in [0.2, 0.25) is 0 Å². The molecule has 126 valence electrons. The number of hydrogen-bond acceptors (Lipinski definition) is 4. The largest absolute Gasteiger partial charge is 0.481 e. The molecule has 0 saturated carbocycles. The average molecular weight is 365 g/mol. The molecule has 23 heavy (non-hydrogen) atoms. The minimum Gasteiger partial charge on any atom is -0.481 e. The molecule has 1 aliphatic rings. The molecule has 1 unspecified atom stereocenters. The number of aliphatic carboxylic acids is 1. The van der Waals surface area contributed by atoms with Gasteiger partial charge in [0.05, 0.1) is 12.5 Å². The molecule has 1 aromatic rings. The van der Waals surface area contributed by atoms with Crippen LogP contribution in [-0.4, -0.2) is 51.5 Å². The summed E-state index contributed by atoms with van der Waals surface area (Å²) < 4.78 is 36.9. The van der Waals surface area contributed by atoms with Gasteiger partial charge in [0.1, 0.15) is 0 Å². The summed E-state index contributed by atoms with van der Waals surface area (Å²) >= 11 is 1.34. The first kappa shape index (κ1) is 18.0. The first-order valence-corrected chi connectivity index (χ1v) is 8.70. The summed E-state index contributed by atoms with van der Waals surface area (Å²) in [6, 6.07) is 4.78. The highest BCUT2D eigenvalue weighted by atomic mass is 32.2. The standard InChI is InChI=1S/C14H14F3NO3S2/c15-14(16,17)23-11-3-1-9(2-4-11)13(21)18-5-6-22-8-10(18)7-12(19)20/h1-4,10H,5-8H2,(H,19,20). The number of amides is 1. The van der Waals surface area contributed by atoms with Crippen molar-refractivity contribution in [3.05, 3.63) is 29.8 Å². The lowest BCUT2D eigenvalue weighted by Gasteiger charge is -2.34. The van der Waals surface area contributed by atoms with E-state index in [4.69, 9.17) is 5.11 Å². The maximum Gasteiger partial charge on any atom is 0.446 e. The predicted molar refractivity (Wildman–Crippen MR) is 82.8 cm³/mol. The Bertz CT molecular complexity index is 578. The second-order valence-electron chi connectivity index (χ2n) is 4.90. The minimum atomic E-state index is -4.37. The van der Waals surface area contributed by atoms with Crippen LogP contribution in [0.2, 0.25) is 0 Å². The molecule has 0 bridgehead atoms. The van der Waals surface area contributed by atoms with E-state index < -0.39 is 17.5 Å². The summed E-state index contributed by atoms with van der Waals surface area (Å²) in [5, 5.41) is 8.92. The van der Waals surface area contributed by atoms with E-state index in [0.717, 1.165) is 0 Å². The predicted octanol–water partition coefficient (Wildman–Crippen LogP) is 3.33. The van der Waals surface area contributed by atoms with Crippen LogP contribution >= 0.6 is 23.5 Å². The molecular weight excluding hydrogens is 351 g/mol. The quantitative estimate of drug-likeness (QED) is 0.830. The molecule has 1 aromatic carbocycles. The van der Waals surface area contributed by atoms with Crippen LogP contribution in [0.4, 0.5) is 13.2 Å². The van der Waals surface area contributed by atoms with Crippen LogP contribution in [0, 0.1) is 0 Å². The van der Waals surface area contributed by atoms with Crippen molar-refractivity contribution in [1.82, 2.24) is 4.90 Å². The highest BCUT2D eigenvalue weighted by Crippen LogP contribution is 2.36. The van der Waals surface area contributed by atoms with Crippen molar-refractivity contribution in [2.75, 3.05) is 18.1 Å². The molecule has 1 heterocycles. The van der Waals surface area contributed by atoms with Crippen molar-refractivity contribution in [3.63, 3.8) is 0 Å². The van der Waals surface area contributed by atoms with E-state index in [1.54, 1.807) is 11.8 Å². The van der Waals surface area contributed by atoms with Crippen LogP contribution in [0.1, 0.15) is 16.8 Å². The van der Waals surface area contributed by atoms with E-state index in [2.05, 4.69) is 0 Å². The molecular formula is C14H14F3NO3S2. The van der Waals surface area contributed by atoms with Crippen molar-refractivity contribution < 1.29 is 27.9 Å². The fourth-order valence-electron chi connectivity index (χ4n) is 2.26. The highest BCUT2D eigenvalue weighted by Gasteiger charge is 2.31. The van der Waals surface area contributed by atoms with Crippen molar-refractivity contribution >= 4 is 35.4 Å². The SMILES string of the molecule is O=C(O)CC1CSCCN1C(=O)c1ccc(SC(F)(F)F)cc1. The van der Waals surface area contributed by atoms with Crippen LogP contribution in [0.5, 0.6) is 0 Å². The van der Waals surface area contributed by atoms with Gasteiger partial charge in [-0.05, 0) is 36.0 Å². The minimum absolute atomic E-state index is 0.00494. The Morgan fingerprint density at radius 1 is 1.30 bits per heavy atom. The maximum absolute atomic E-state index is 12.5. The zero-order valence-electron chi connectivity index (χ0n) is 11.9. The van der Waals surface area contributed by atoms with Gasteiger partial charge in [-0.25, -0.2) is 0 Å². The Morgan fingerprint density at radius 3 is 2.52 bits per heavy atom. The Morgan fingerprint density at radius 2 is 1.96 bits per heavy atom. The van der Waals surface area contributed by atoms with Gasteiger partial charge in [0.15, 0.2) is 0 Å². The molecule has 0 radical (unpaired) electrons. The number of nitrogens with zero attached hydrogens (tertiary/aromatic N) is 1. The van der Waals surface area contributed by atoms with Gasteiger partial charge in [-0.3, -0.25) is 9.59 Å². The third-order valence-electron chi connectivity index (χ3n) is 3.23. The van der Waals surface area contributed by atoms with Gasteiger partial charge in [0, 0.05) is 28.5 Å². The number of carboxylic acids is 1. The van der Waals surface area contributed by atoms with Crippen LogP contribution < -0.4 is 0 Å². The smallest absolute Gasteiger partial charge is 0.446 e. The van der Waals surface area contributed by atoms with Crippen LogP contribution in [0.25, 0.3) is 0 Å². The Kier molecular flexibility index (Phi) is 5.85. The molecule has 1 N–H and O–H groups in total. The van der Waals surface area contributed by atoms with Gasteiger partial charge >= 0.3 is 11.5 Å². The summed E-state index contributed by atoms with van der Waals surface area (Å²) in [6.45, 7) is 0.431. The fourth-order valence-corrected chi connectivity index (χ4v) is 3.86. The summed E-state index contributed by atoms with van der Waals surface area (Å²) in [7, 11) is 0. The number of hydrogen-bond donors (Lipinski definition) is 1. The summed E-state index contributed by atoms with van der Waals surface area (Å²) in [5.41, 5.74) is -4.11. The Balaban J connectivity index is 2.10. The first-order chi connectivity index (χ1) is 10.8. The molecule has 1 aliphatic heterocycles. The van der Waals surface area contributed by atoms with E-state index in [1.807, 2.05) is 0 Å². The Labute approximate surface area is 139 Å². The molecule has 1 atom stereocenters. The molecule has 1 saturated heterocycles. The summed E-state index contributed by atoms with van der Waals surface area (Å²) in [5.74, 6) is -0.0727. The molecule has 2 rings (SSSR count). The fraction of sp³-hybridized carbons (Fsp3) is 0.429. The first-order valence-electron chi connectivity index (χ1n) is 6.72. The monoisotopic (exact) mass is 365 g/mol. The summed E-state index contributed by atoms with van der Waals surface area (Å²) in [6.07, 6.45) is -0.138. The topological polar surface area (TPSA) is 57.6 Å². The van der Waals surface area contributed by atoms with E-state index >= 15 is 0 Å². The van der Waals surface area contributed by atoms with E-state index in [-0.39, 0.29) is 34.5 Å². The molecule has 1 fully saturated rings. The number of halogens is 3. The number of thioether (sulfide) groups is 2. The van der Waals surface area contributed by atoms with Crippen molar-refractivity contribution in [1.29, 1.82) is 0 Å². The average Bonchev–Trinajstić information content (AvgIpc) is 2.45. The van der Waals surface area contributed by atoms with Crippen molar-refractivity contribution in [2.24, 2.45) is 0 Å². The number of carbonyl (C=O) groups is 2. The molecule has 9 heteroatoms. The van der Waals surface area contributed by atoms with Gasteiger partial charge in [-0.15, -0.1) is 0 Å². The number of carbonyl (C=O) groups excluding carboxylic acids is 1. The second kappa shape index (κ2) is 7.48. The lowest BCUT2D eigenvalue weighted by molar-refractivity contribution is -0.138. The normalized spacial score (nSPS) is 18.7. The number of alkyl halides is 3. The van der Waals surface area contributed by atoms with E-state index in [0.29, 0.717) is 18.1 Å². The molecule has 4 nitrogen and oxygen atoms in total. The molecule has 0 aromatic heterocycles. The van der Waals surface area contributed by atoms with Gasteiger partial charge < -0.3 is 10.0 Å². The molecule has 0 aliphatic carbocycles. The van der Waals surface area contributed by atoms with Crippen molar-refractivity contribution in [2.45, 2.75) is 22.9 Å². The van der Waals surface area contributed by atoms with Crippen LogP contribution in [0.15, 0.2) is 29.2 Å². The van der Waals surface area contributed by atoms with Gasteiger partial charge in [0.25, 0.3) is 5.91 Å². The van der Waals surface area contributed by atoms with E-state index in [9.17, 15) is 22.8 Å². The van der Waals surface area contributed by atoms with Gasteiger partial charge in [-0.2, -0.15) is 24.9 Å². The lowest BCUT2D eigenvalue weighted by atomic mass is 10.1. The number of rotatable bonds is 4. The maximum atomic E-state index is 12.5. The zero-order valence-corrected chi connectivity index (χ0v) is 13.5. The van der Waals surface area contributed by atoms with Crippen LogP contribution in [0.3, 0.4) is 0 Å². The van der Waals surface area contributed by atoms with Crippen LogP contribution in [-0.2, 0) is 4.79 Å². The third kappa shape index (κ3) is 5.35. The molecule has 0 spiro atoms. The highest BCUT2D eigenvalue weighted by molar-refractivity contribution is 8.00. The summed E-state index contributed by atoms with van der Waals surface area (Å²) in [4.78, 5) is 24.9. The lowest BCUT2D eigenvalue weighted by Crippen LogP contribution is -2.47. The van der Waals surface area contributed by atoms with Gasteiger partial charge in [-0.1, -0.05) is 0 Å². The second-order valence-corrected chi connectivity index (χ2v) is 7.19. The number of benzene rings is 1.